The summed E-state index contributed by atoms with van der Waals surface area (Å²) in [6.45, 7) is 3.89. The molecule has 0 spiro atoms. The number of aromatic nitrogens is 2. The second-order valence-corrected chi connectivity index (χ2v) is 7.45. The van der Waals surface area contributed by atoms with Crippen molar-refractivity contribution in [3.8, 4) is 33.6 Å². The van der Waals surface area contributed by atoms with Gasteiger partial charge in [0.2, 0.25) is 10.9 Å². The van der Waals surface area contributed by atoms with Gasteiger partial charge in [0.25, 0.3) is 5.91 Å². The summed E-state index contributed by atoms with van der Waals surface area (Å²) in [5.41, 5.74) is 1.23. The lowest BCUT2D eigenvalue weighted by atomic mass is 10.2. The average Bonchev–Trinajstić information content (AvgIpc) is 3.21. The first-order valence-electron chi connectivity index (χ1n) is 9.17. The highest BCUT2D eigenvalue weighted by Crippen LogP contribution is 2.42. The summed E-state index contributed by atoms with van der Waals surface area (Å²) in [5, 5.41) is 12.0. The van der Waals surface area contributed by atoms with Gasteiger partial charge in [0.05, 0.1) is 27.4 Å². The molecule has 1 heterocycles. The Labute approximate surface area is 178 Å². The standard InChI is InChI=1S/C21H23N3O5S/c1-12(2)29-15-8-6-13(7-9-15)19(25)22-21-24-23-20(30-21)14-10-16(26-3)18(28-5)17(11-14)27-4/h6-12H,1-5H3,(H,22,24,25). The fourth-order valence-corrected chi connectivity index (χ4v) is 3.45. The zero-order valence-electron chi connectivity index (χ0n) is 17.4. The van der Waals surface area contributed by atoms with Crippen LogP contribution in [0, 0.1) is 0 Å². The molecule has 30 heavy (non-hydrogen) atoms. The van der Waals surface area contributed by atoms with E-state index < -0.39 is 0 Å². The first kappa shape index (κ1) is 21.4. The molecule has 0 fully saturated rings. The van der Waals surface area contributed by atoms with Gasteiger partial charge in [-0.05, 0) is 50.2 Å². The van der Waals surface area contributed by atoms with Crippen LogP contribution in [-0.4, -0.2) is 43.5 Å². The minimum atomic E-state index is -0.279. The van der Waals surface area contributed by atoms with E-state index in [-0.39, 0.29) is 12.0 Å². The number of hydrogen-bond donors (Lipinski definition) is 1. The molecule has 0 radical (unpaired) electrons. The predicted octanol–water partition coefficient (Wildman–Crippen LogP) is 4.27. The summed E-state index contributed by atoms with van der Waals surface area (Å²) >= 11 is 1.24. The van der Waals surface area contributed by atoms with Crippen LogP contribution in [0.2, 0.25) is 0 Å². The molecule has 0 aliphatic rings. The summed E-state index contributed by atoms with van der Waals surface area (Å²) in [5.74, 6) is 1.94. The lowest BCUT2D eigenvalue weighted by Gasteiger charge is -2.13. The highest BCUT2D eigenvalue weighted by Gasteiger charge is 2.17. The van der Waals surface area contributed by atoms with Gasteiger partial charge in [-0.1, -0.05) is 11.3 Å². The Balaban J connectivity index is 1.77. The van der Waals surface area contributed by atoms with E-state index in [2.05, 4.69) is 15.5 Å². The van der Waals surface area contributed by atoms with Gasteiger partial charge in [-0.15, -0.1) is 10.2 Å². The maximum Gasteiger partial charge on any atom is 0.257 e. The number of methoxy groups -OCH3 is 3. The van der Waals surface area contributed by atoms with Crippen molar-refractivity contribution in [1.82, 2.24) is 10.2 Å². The molecule has 1 N–H and O–H groups in total. The fraction of sp³-hybridized carbons (Fsp3) is 0.286. The van der Waals surface area contributed by atoms with E-state index >= 15 is 0 Å². The van der Waals surface area contributed by atoms with Gasteiger partial charge < -0.3 is 18.9 Å². The Hall–Kier alpha value is -3.33. The van der Waals surface area contributed by atoms with E-state index in [1.165, 1.54) is 11.3 Å². The molecule has 9 heteroatoms. The van der Waals surface area contributed by atoms with Crippen molar-refractivity contribution in [3.05, 3.63) is 42.0 Å². The molecule has 158 valence electrons. The summed E-state index contributed by atoms with van der Waals surface area (Å²) in [6.07, 6.45) is 0.0692. The van der Waals surface area contributed by atoms with Gasteiger partial charge in [-0.25, -0.2) is 0 Å². The Morgan fingerprint density at radius 2 is 1.60 bits per heavy atom. The zero-order valence-corrected chi connectivity index (χ0v) is 18.2. The summed E-state index contributed by atoms with van der Waals surface area (Å²) < 4.78 is 21.7. The van der Waals surface area contributed by atoms with E-state index in [9.17, 15) is 4.79 Å². The van der Waals surface area contributed by atoms with Crippen molar-refractivity contribution in [3.63, 3.8) is 0 Å². The van der Waals surface area contributed by atoms with Crippen molar-refractivity contribution in [2.75, 3.05) is 26.6 Å². The molecule has 0 bridgehead atoms. The van der Waals surface area contributed by atoms with Crippen LogP contribution in [0.25, 0.3) is 10.6 Å². The van der Waals surface area contributed by atoms with Crippen LogP contribution in [-0.2, 0) is 0 Å². The van der Waals surface area contributed by atoms with E-state index in [1.54, 1.807) is 57.7 Å². The summed E-state index contributed by atoms with van der Waals surface area (Å²) in [6, 6.07) is 10.5. The van der Waals surface area contributed by atoms with Gasteiger partial charge >= 0.3 is 0 Å². The number of carbonyl (C=O) groups excluding carboxylic acids is 1. The lowest BCUT2D eigenvalue weighted by molar-refractivity contribution is 0.102. The monoisotopic (exact) mass is 429 g/mol. The number of anilines is 1. The minimum Gasteiger partial charge on any atom is -0.493 e. The van der Waals surface area contributed by atoms with E-state index in [4.69, 9.17) is 18.9 Å². The highest BCUT2D eigenvalue weighted by atomic mass is 32.1. The van der Waals surface area contributed by atoms with Crippen LogP contribution in [0.5, 0.6) is 23.0 Å². The van der Waals surface area contributed by atoms with Gasteiger partial charge in [0.1, 0.15) is 10.8 Å². The predicted molar refractivity (Wildman–Crippen MR) is 115 cm³/mol. The SMILES string of the molecule is COc1cc(-c2nnc(NC(=O)c3ccc(OC(C)C)cc3)s2)cc(OC)c1OC. The van der Waals surface area contributed by atoms with Crippen LogP contribution in [0.4, 0.5) is 5.13 Å². The van der Waals surface area contributed by atoms with Crippen LogP contribution in [0.1, 0.15) is 24.2 Å². The lowest BCUT2D eigenvalue weighted by Crippen LogP contribution is -2.12. The molecule has 0 unspecified atom stereocenters. The normalized spacial score (nSPS) is 10.6. The molecule has 2 aromatic carbocycles. The molecule has 1 amide bonds. The van der Waals surface area contributed by atoms with Crippen LogP contribution in [0.3, 0.4) is 0 Å². The molecule has 0 saturated carbocycles. The smallest absolute Gasteiger partial charge is 0.257 e. The number of nitrogens with one attached hydrogen (secondary N) is 1. The fourth-order valence-electron chi connectivity index (χ4n) is 2.72. The minimum absolute atomic E-state index is 0.0692. The molecule has 1 aromatic heterocycles. The topological polar surface area (TPSA) is 91.8 Å². The summed E-state index contributed by atoms with van der Waals surface area (Å²) in [7, 11) is 4.63. The van der Waals surface area contributed by atoms with Crippen molar-refractivity contribution in [2.24, 2.45) is 0 Å². The van der Waals surface area contributed by atoms with E-state index in [0.29, 0.717) is 38.7 Å². The van der Waals surface area contributed by atoms with E-state index in [1.807, 2.05) is 13.8 Å². The third kappa shape index (κ3) is 4.80. The van der Waals surface area contributed by atoms with Gasteiger partial charge in [-0.2, -0.15) is 0 Å². The zero-order chi connectivity index (χ0) is 21.7. The summed E-state index contributed by atoms with van der Waals surface area (Å²) in [4.78, 5) is 12.5. The number of ether oxygens (including phenoxy) is 4. The second kappa shape index (κ2) is 9.45. The maximum atomic E-state index is 12.5. The number of amides is 1. The number of rotatable bonds is 8. The second-order valence-electron chi connectivity index (χ2n) is 6.47. The van der Waals surface area contributed by atoms with Crippen LogP contribution < -0.4 is 24.3 Å². The van der Waals surface area contributed by atoms with Crippen molar-refractivity contribution >= 4 is 22.4 Å². The Morgan fingerprint density at radius 1 is 0.967 bits per heavy atom. The molecule has 0 saturated heterocycles. The van der Waals surface area contributed by atoms with E-state index in [0.717, 1.165) is 5.56 Å². The molecule has 3 rings (SSSR count). The highest BCUT2D eigenvalue weighted by molar-refractivity contribution is 7.18. The third-order valence-corrected chi connectivity index (χ3v) is 4.93. The molecule has 3 aromatic rings. The molecular weight excluding hydrogens is 406 g/mol. The Kier molecular flexibility index (Phi) is 6.73. The number of hydrogen-bond acceptors (Lipinski definition) is 8. The van der Waals surface area contributed by atoms with Gasteiger partial charge in [-0.3, -0.25) is 10.1 Å². The van der Waals surface area contributed by atoms with Crippen molar-refractivity contribution in [1.29, 1.82) is 0 Å². The number of nitrogens with zero attached hydrogens (tertiary/aromatic N) is 2. The Bertz CT molecular complexity index is 993. The molecule has 0 aliphatic heterocycles. The number of benzene rings is 2. The van der Waals surface area contributed by atoms with Crippen LogP contribution >= 0.6 is 11.3 Å². The number of carbonyl (C=O) groups is 1. The van der Waals surface area contributed by atoms with Crippen molar-refractivity contribution in [2.45, 2.75) is 20.0 Å². The Morgan fingerprint density at radius 3 is 2.13 bits per heavy atom. The largest absolute Gasteiger partial charge is 0.493 e. The van der Waals surface area contributed by atoms with Gasteiger partial charge in [0, 0.05) is 11.1 Å². The van der Waals surface area contributed by atoms with Crippen molar-refractivity contribution < 1.29 is 23.7 Å². The first-order chi connectivity index (χ1) is 14.4. The molecule has 0 atom stereocenters. The average molecular weight is 429 g/mol. The molecule has 0 aliphatic carbocycles. The first-order valence-corrected chi connectivity index (χ1v) is 9.98. The van der Waals surface area contributed by atoms with Gasteiger partial charge in [0.15, 0.2) is 11.5 Å². The third-order valence-electron chi connectivity index (χ3n) is 4.05. The van der Waals surface area contributed by atoms with Crippen LogP contribution in [0.15, 0.2) is 36.4 Å². The maximum absolute atomic E-state index is 12.5. The quantitative estimate of drug-likeness (QED) is 0.572. The molecule has 8 nitrogen and oxygen atoms in total. The molecular formula is C21H23N3O5S.